The molecule has 0 fully saturated rings. The summed E-state index contributed by atoms with van der Waals surface area (Å²) in [6.45, 7) is 1.25. The number of hydrogen-bond acceptors (Lipinski definition) is 3. The summed E-state index contributed by atoms with van der Waals surface area (Å²) >= 11 is 0. The molecule has 6 heteroatoms. The summed E-state index contributed by atoms with van der Waals surface area (Å²) in [7, 11) is 0. The molecule has 1 amide bonds. The highest BCUT2D eigenvalue weighted by Gasteiger charge is 2.15. The molecule has 0 bridgehead atoms. The fourth-order valence-corrected chi connectivity index (χ4v) is 1.94. The number of nitrogens with one attached hydrogen (secondary N) is 1. The molecule has 2 rings (SSSR count). The molecule has 2 aromatic carbocycles. The van der Waals surface area contributed by atoms with Crippen molar-refractivity contribution in [3.8, 4) is 11.5 Å². The number of benzene rings is 2. The van der Waals surface area contributed by atoms with E-state index < -0.39 is 23.6 Å². The van der Waals surface area contributed by atoms with Gasteiger partial charge in [-0.15, -0.1) is 0 Å². The fourth-order valence-electron chi connectivity index (χ4n) is 1.94. The number of carbonyl (C=O) groups is 1. The van der Waals surface area contributed by atoms with E-state index in [1.54, 1.807) is 19.1 Å². The molecule has 22 heavy (non-hydrogen) atoms. The van der Waals surface area contributed by atoms with E-state index in [1.807, 2.05) is 0 Å². The van der Waals surface area contributed by atoms with Crippen LogP contribution >= 0.6 is 0 Å². The quantitative estimate of drug-likeness (QED) is 0.893. The number of rotatable bonds is 5. The molecule has 116 valence electrons. The van der Waals surface area contributed by atoms with Gasteiger partial charge in [0, 0.05) is 11.6 Å². The number of halogens is 2. The standard InChI is InChI=1S/C16H15F2NO3/c1-10(12-7-6-11(17)8-13(12)18)19-16(21)9-22-15-5-3-2-4-14(15)20/h2-8,10,20H,9H2,1H3,(H,19,21). The van der Waals surface area contributed by atoms with Gasteiger partial charge in [-0.05, 0) is 25.1 Å². The van der Waals surface area contributed by atoms with Crippen molar-refractivity contribution in [3.63, 3.8) is 0 Å². The van der Waals surface area contributed by atoms with Gasteiger partial charge in [-0.2, -0.15) is 0 Å². The van der Waals surface area contributed by atoms with E-state index in [1.165, 1.54) is 18.2 Å². The van der Waals surface area contributed by atoms with Crippen LogP contribution in [-0.4, -0.2) is 17.6 Å². The topological polar surface area (TPSA) is 58.6 Å². The number of hydrogen-bond donors (Lipinski definition) is 2. The molecule has 0 saturated heterocycles. The Balaban J connectivity index is 1.93. The zero-order valence-electron chi connectivity index (χ0n) is 11.8. The molecule has 1 unspecified atom stereocenters. The molecule has 4 nitrogen and oxygen atoms in total. The largest absolute Gasteiger partial charge is 0.504 e. The van der Waals surface area contributed by atoms with Gasteiger partial charge in [0.2, 0.25) is 0 Å². The monoisotopic (exact) mass is 307 g/mol. The van der Waals surface area contributed by atoms with Crippen molar-refractivity contribution in [3.05, 3.63) is 59.7 Å². The first-order chi connectivity index (χ1) is 10.5. The molecule has 0 aliphatic rings. The summed E-state index contributed by atoms with van der Waals surface area (Å²) in [4.78, 5) is 11.8. The molecular formula is C16H15F2NO3. The summed E-state index contributed by atoms with van der Waals surface area (Å²) in [5.41, 5.74) is 0.178. The molecule has 0 heterocycles. The Bertz CT molecular complexity index is 676. The summed E-state index contributed by atoms with van der Waals surface area (Å²) in [6, 6.07) is 8.76. The second-order valence-corrected chi connectivity index (χ2v) is 4.71. The Kier molecular flexibility index (Phi) is 4.93. The van der Waals surface area contributed by atoms with Crippen LogP contribution in [0.5, 0.6) is 11.5 Å². The van der Waals surface area contributed by atoms with Gasteiger partial charge in [-0.3, -0.25) is 4.79 Å². The molecule has 1 atom stereocenters. The maximum Gasteiger partial charge on any atom is 0.258 e. The smallest absolute Gasteiger partial charge is 0.258 e. The molecule has 0 spiro atoms. The lowest BCUT2D eigenvalue weighted by Gasteiger charge is -2.15. The zero-order valence-corrected chi connectivity index (χ0v) is 11.8. The van der Waals surface area contributed by atoms with Crippen molar-refractivity contribution >= 4 is 5.91 Å². The summed E-state index contributed by atoms with van der Waals surface area (Å²) in [5.74, 6) is -1.79. The summed E-state index contributed by atoms with van der Waals surface area (Å²) < 4.78 is 31.6. The number of phenolic OH excluding ortho intramolecular Hbond substituents is 1. The second kappa shape index (κ2) is 6.89. The molecule has 0 radical (unpaired) electrons. The van der Waals surface area contributed by atoms with Gasteiger partial charge >= 0.3 is 0 Å². The molecule has 0 aliphatic heterocycles. The van der Waals surface area contributed by atoms with E-state index in [9.17, 15) is 18.7 Å². The van der Waals surface area contributed by atoms with Gasteiger partial charge in [-0.1, -0.05) is 18.2 Å². The van der Waals surface area contributed by atoms with E-state index in [0.717, 1.165) is 12.1 Å². The number of carbonyl (C=O) groups excluding carboxylic acids is 1. The molecular weight excluding hydrogens is 292 g/mol. The lowest BCUT2D eigenvalue weighted by molar-refractivity contribution is -0.123. The Labute approximate surface area is 126 Å². The van der Waals surface area contributed by atoms with E-state index >= 15 is 0 Å². The zero-order chi connectivity index (χ0) is 16.1. The van der Waals surface area contributed by atoms with Crippen LogP contribution in [0.1, 0.15) is 18.5 Å². The number of ether oxygens (including phenoxy) is 1. The van der Waals surface area contributed by atoms with Crippen LogP contribution < -0.4 is 10.1 Å². The highest BCUT2D eigenvalue weighted by molar-refractivity contribution is 5.78. The van der Waals surface area contributed by atoms with Gasteiger partial charge in [0.15, 0.2) is 18.1 Å². The highest BCUT2D eigenvalue weighted by atomic mass is 19.1. The van der Waals surface area contributed by atoms with Crippen molar-refractivity contribution < 1.29 is 23.4 Å². The number of aromatic hydroxyl groups is 1. The van der Waals surface area contributed by atoms with Gasteiger partial charge in [0.25, 0.3) is 5.91 Å². The van der Waals surface area contributed by atoms with Crippen molar-refractivity contribution in [1.82, 2.24) is 5.32 Å². The third-order valence-corrected chi connectivity index (χ3v) is 3.03. The van der Waals surface area contributed by atoms with E-state index in [4.69, 9.17) is 4.74 Å². The van der Waals surface area contributed by atoms with Crippen LogP contribution in [0.25, 0.3) is 0 Å². The van der Waals surface area contributed by atoms with Crippen molar-refractivity contribution in [1.29, 1.82) is 0 Å². The van der Waals surface area contributed by atoms with Crippen LogP contribution in [0.4, 0.5) is 8.78 Å². The summed E-state index contributed by atoms with van der Waals surface area (Å²) in [5, 5.41) is 12.0. The van der Waals surface area contributed by atoms with E-state index in [-0.39, 0.29) is 23.7 Å². The van der Waals surface area contributed by atoms with Crippen LogP contribution in [0, 0.1) is 11.6 Å². The van der Waals surface area contributed by atoms with E-state index in [2.05, 4.69) is 5.32 Å². The maximum absolute atomic E-state index is 13.6. The third-order valence-electron chi connectivity index (χ3n) is 3.03. The third kappa shape index (κ3) is 3.94. The number of amides is 1. The average molecular weight is 307 g/mol. The highest BCUT2D eigenvalue weighted by Crippen LogP contribution is 2.24. The number of para-hydroxylation sites is 2. The molecule has 0 aromatic heterocycles. The van der Waals surface area contributed by atoms with Gasteiger partial charge in [0.1, 0.15) is 11.6 Å². The second-order valence-electron chi connectivity index (χ2n) is 4.71. The van der Waals surface area contributed by atoms with Gasteiger partial charge < -0.3 is 15.2 Å². The Morgan fingerprint density at radius 2 is 2.00 bits per heavy atom. The van der Waals surface area contributed by atoms with Crippen molar-refractivity contribution in [2.24, 2.45) is 0 Å². The molecule has 2 N–H and O–H groups in total. The molecule has 2 aromatic rings. The lowest BCUT2D eigenvalue weighted by Crippen LogP contribution is -2.31. The summed E-state index contributed by atoms with van der Waals surface area (Å²) in [6.07, 6.45) is 0. The molecule has 0 aliphatic carbocycles. The Morgan fingerprint density at radius 3 is 2.68 bits per heavy atom. The Hall–Kier alpha value is -2.63. The molecule has 0 saturated carbocycles. The van der Waals surface area contributed by atoms with Crippen molar-refractivity contribution in [2.75, 3.05) is 6.61 Å². The minimum Gasteiger partial charge on any atom is -0.504 e. The van der Waals surface area contributed by atoms with Crippen LogP contribution in [0.15, 0.2) is 42.5 Å². The fraction of sp³-hybridized carbons (Fsp3) is 0.188. The first-order valence-corrected chi connectivity index (χ1v) is 6.62. The maximum atomic E-state index is 13.6. The predicted molar refractivity (Wildman–Crippen MR) is 76.5 cm³/mol. The van der Waals surface area contributed by atoms with Crippen LogP contribution in [0.2, 0.25) is 0 Å². The van der Waals surface area contributed by atoms with E-state index in [0.29, 0.717) is 0 Å². The van der Waals surface area contributed by atoms with Crippen molar-refractivity contribution in [2.45, 2.75) is 13.0 Å². The predicted octanol–water partition coefficient (Wildman–Crippen LogP) is 2.93. The van der Waals surface area contributed by atoms with Crippen LogP contribution in [0.3, 0.4) is 0 Å². The average Bonchev–Trinajstić information content (AvgIpc) is 2.46. The Morgan fingerprint density at radius 1 is 1.27 bits per heavy atom. The normalized spacial score (nSPS) is 11.8. The lowest BCUT2D eigenvalue weighted by atomic mass is 10.1. The van der Waals surface area contributed by atoms with Gasteiger partial charge in [-0.25, -0.2) is 8.78 Å². The minimum atomic E-state index is -0.727. The van der Waals surface area contributed by atoms with Crippen LogP contribution in [-0.2, 0) is 4.79 Å². The SMILES string of the molecule is CC(NC(=O)COc1ccccc1O)c1ccc(F)cc1F. The minimum absolute atomic E-state index is 0.0760. The first-order valence-electron chi connectivity index (χ1n) is 6.62. The first kappa shape index (κ1) is 15.8. The van der Waals surface area contributed by atoms with Gasteiger partial charge in [0.05, 0.1) is 6.04 Å². The number of phenols is 1.